The molecule has 0 aliphatic carbocycles. The van der Waals surface area contributed by atoms with Crippen LogP contribution in [0.2, 0.25) is 0 Å². The highest BCUT2D eigenvalue weighted by Gasteiger charge is 2.51. The molecule has 1 atom stereocenters. The molecule has 0 bridgehead atoms. The maximum Gasteiger partial charge on any atom is 0.494 e. The molecule has 0 spiro atoms. The maximum absolute atomic E-state index is 11.4. The second-order valence-corrected chi connectivity index (χ2v) is 6.94. The Hall–Kier alpha value is -1.33. The molecule has 1 aromatic carbocycles. The maximum atomic E-state index is 11.4. The van der Waals surface area contributed by atoms with Gasteiger partial charge in [-0.1, -0.05) is 31.2 Å². The summed E-state index contributed by atoms with van der Waals surface area (Å²) in [5.41, 5.74) is 1.42. The quantitative estimate of drug-likeness (QED) is 0.634. The minimum Gasteiger partial charge on any atom is -0.469 e. The lowest BCUT2D eigenvalue weighted by Gasteiger charge is -2.32. The van der Waals surface area contributed by atoms with Crippen LogP contribution in [0, 0.1) is 0 Å². The summed E-state index contributed by atoms with van der Waals surface area (Å²) in [4.78, 5) is 11.4. The molecular formula is C17H25BO4. The lowest BCUT2D eigenvalue weighted by Crippen LogP contribution is -2.41. The van der Waals surface area contributed by atoms with Crippen LogP contribution in [-0.4, -0.2) is 31.4 Å². The standard InChI is InChI=1S/C17H25BO4/c1-12(11-15(19)20-6)13-7-9-14(10-8-13)18-21-16(2,3)17(4,5)22-18/h7-10,12H,11H2,1-6H3/t12-/m1/s1. The van der Waals surface area contributed by atoms with E-state index in [1.54, 1.807) is 0 Å². The Kier molecular flexibility index (Phi) is 4.69. The number of benzene rings is 1. The van der Waals surface area contributed by atoms with Crippen LogP contribution in [-0.2, 0) is 18.8 Å². The first-order valence-electron chi connectivity index (χ1n) is 7.68. The number of hydrogen-bond acceptors (Lipinski definition) is 4. The van der Waals surface area contributed by atoms with Crippen molar-refractivity contribution in [1.29, 1.82) is 0 Å². The molecule has 0 saturated carbocycles. The van der Waals surface area contributed by atoms with Crippen LogP contribution in [0.5, 0.6) is 0 Å². The van der Waals surface area contributed by atoms with Crippen molar-refractivity contribution < 1.29 is 18.8 Å². The fourth-order valence-electron chi connectivity index (χ4n) is 2.41. The fraction of sp³-hybridized carbons (Fsp3) is 0.588. The van der Waals surface area contributed by atoms with Gasteiger partial charge in [-0.15, -0.1) is 0 Å². The molecule has 1 aliphatic rings. The minimum atomic E-state index is -0.352. The van der Waals surface area contributed by atoms with Crippen LogP contribution in [0.3, 0.4) is 0 Å². The first kappa shape index (κ1) is 17.0. The van der Waals surface area contributed by atoms with E-state index in [1.807, 2.05) is 58.9 Å². The van der Waals surface area contributed by atoms with E-state index in [2.05, 4.69) is 0 Å². The lowest BCUT2D eigenvalue weighted by atomic mass is 9.78. The summed E-state index contributed by atoms with van der Waals surface area (Å²) < 4.78 is 16.8. The Balaban J connectivity index is 2.09. The molecule has 1 saturated heterocycles. The van der Waals surface area contributed by atoms with E-state index >= 15 is 0 Å². The van der Waals surface area contributed by atoms with Crippen LogP contribution in [0.1, 0.15) is 52.5 Å². The predicted octanol–water partition coefficient (Wildman–Crippen LogP) is 2.65. The normalized spacial score (nSPS) is 20.7. The van der Waals surface area contributed by atoms with Crippen molar-refractivity contribution in [2.75, 3.05) is 7.11 Å². The van der Waals surface area contributed by atoms with Crippen molar-refractivity contribution in [3.05, 3.63) is 29.8 Å². The summed E-state index contributed by atoms with van der Waals surface area (Å²) in [6, 6.07) is 8.05. The molecule has 2 rings (SSSR count). The van der Waals surface area contributed by atoms with Crippen LogP contribution in [0.25, 0.3) is 0 Å². The molecule has 120 valence electrons. The molecule has 0 unspecified atom stereocenters. The molecule has 0 amide bonds. The van der Waals surface area contributed by atoms with E-state index in [4.69, 9.17) is 14.0 Å². The van der Waals surface area contributed by atoms with Crippen molar-refractivity contribution in [2.24, 2.45) is 0 Å². The zero-order valence-electron chi connectivity index (χ0n) is 14.3. The number of ether oxygens (including phenoxy) is 1. The lowest BCUT2D eigenvalue weighted by molar-refractivity contribution is -0.140. The monoisotopic (exact) mass is 304 g/mol. The zero-order valence-corrected chi connectivity index (χ0v) is 14.3. The molecule has 1 fully saturated rings. The molecule has 22 heavy (non-hydrogen) atoms. The SMILES string of the molecule is COC(=O)C[C@@H](C)c1ccc(B2OC(C)(C)C(C)(C)O2)cc1. The van der Waals surface area contributed by atoms with E-state index in [0.29, 0.717) is 6.42 Å². The average Bonchev–Trinajstić information content (AvgIpc) is 2.67. The largest absolute Gasteiger partial charge is 0.494 e. The number of rotatable bonds is 4. The van der Waals surface area contributed by atoms with Gasteiger partial charge in [0.05, 0.1) is 24.7 Å². The van der Waals surface area contributed by atoms with Crippen molar-refractivity contribution in [2.45, 2.75) is 58.2 Å². The smallest absolute Gasteiger partial charge is 0.469 e. The highest BCUT2D eigenvalue weighted by Crippen LogP contribution is 2.36. The van der Waals surface area contributed by atoms with Crippen molar-refractivity contribution in [3.63, 3.8) is 0 Å². The molecule has 1 heterocycles. The summed E-state index contributed by atoms with van der Waals surface area (Å²) in [5.74, 6) is -0.0673. The highest BCUT2D eigenvalue weighted by atomic mass is 16.7. The number of carbonyl (C=O) groups excluding carboxylic acids is 1. The van der Waals surface area contributed by atoms with E-state index < -0.39 is 0 Å². The van der Waals surface area contributed by atoms with Crippen molar-refractivity contribution in [3.8, 4) is 0 Å². The molecule has 1 aliphatic heterocycles. The van der Waals surface area contributed by atoms with Gasteiger partial charge in [0.15, 0.2) is 0 Å². The Bertz CT molecular complexity index is 520. The van der Waals surface area contributed by atoms with Gasteiger partial charge >= 0.3 is 13.1 Å². The van der Waals surface area contributed by atoms with Gasteiger partial charge in [-0.2, -0.15) is 0 Å². The second kappa shape index (κ2) is 6.05. The second-order valence-electron chi connectivity index (χ2n) is 6.94. The Morgan fingerprint density at radius 1 is 1.14 bits per heavy atom. The van der Waals surface area contributed by atoms with Gasteiger partial charge in [-0.05, 0) is 44.6 Å². The third-order valence-corrected chi connectivity index (χ3v) is 4.73. The van der Waals surface area contributed by atoms with E-state index in [0.717, 1.165) is 11.0 Å². The molecule has 0 radical (unpaired) electrons. The van der Waals surface area contributed by atoms with E-state index in [-0.39, 0.29) is 30.2 Å². The van der Waals surface area contributed by atoms with Gasteiger partial charge < -0.3 is 14.0 Å². The number of carbonyl (C=O) groups is 1. The van der Waals surface area contributed by atoms with Gasteiger partial charge in [0, 0.05) is 0 Å². The molecule has 5 heteroatoms. The minimum absolute atomic E-state index is 0.125. The van der Waals surface area contributed by atoms with Crippen molar-refractivity contribution in [1.82, 2.24) is 0 Å². The summed E-state index contributed by atoms with van der Waals surface area (Å²) in [5, 5.41) is 0. The molecule has 0 N–H and O–H groups in total. The van der Waals surface area contributed by atoms with Gasteiger partial charge in [0.2, 0.25) is 0 Å². The first-order chi connectivity index (χ1) is 10.2. The summed E-state index contributed by atoms with van der Waals surface area (Å²) in [7, 11) is 1.06. The predicted molar refractivity (Wildman–Crippen MR) is 87.2 cm³/mol. The van der Waals surface area contributed by atoms with Gasteiger partial charge in [-0.3, -0.25) is 4.79 Å². The van der Waals surface area contributed by atoms with E-state index in [1.165, 1.54) is 7.11 Å². The third-order valence-electron chi connectivity index (χ3n) is 4.73. The van der Waals surface area contributed by atoms with Crippen LogP contribution in [0.15, 0.2) is 24.3 Å². The number of esters is 1. The van der Waals surface area contributed by atoms with Gasteiger partial charge in [-0.25, -0.2) is 0 Å². The van der Waals surface area contributed by atoms with Gasteiger partial charge in [0.25, 0.3) is 0 Å². The first-order valence-corrected chi connectivity index (χ1v) is 7.68. The van der Waals surface area contributed by atoms with E-state index in [9.17, 15) is 4.79 Å². The fourth-order valence-corrected chi connectivity index (χ4v) is 2.41. The van der Waals surface area contributed by atoms with Crippen molar-refractivity contribution >= 4 is 18.6 Å². The third kappa shape index (κ3) is 3.36. The molecular weight excluding hydrogens is 279 g/mol. The molecule has 0 aromatic heterocycles. The Labute approximate surface area is 133 Å². The topological polar surface area (TPSA) is 44.8 Å². The van der Waals surface area contributed by atoms with Crippen LogP contribution >= 0.6 is 0 Å². The number of methoxy groups -OCH3 is 1. The molecule has 4 nitrogen and oxygen atoms in total. The summed E-state index contributed by atoms with van der Waals surface area (Å²) in [6.07, 6.45) is 0.381. The Morgan fingerprint density at radius 2 is 1.64 bits per heavy atom. The summed E-state index contributed by atoms with van der Waals surface area (Å²) >= 11 is 0. The molecule has 1 aromatic rings. The van der Waals surface area contributed by atoms with Gasteiger partial charge in [0.1, 0.15) is 0 Å². The zero-order chi connectivity index (χ0) is 16.5. The number of hydrogen-bond donors (Lipinski definition) is 0. The summed E-state index contributed by atoms with van der Waals surface area (Å²) in [6.45, 7) is 10.2. The van der Waals surface area contributed by atoms with Crippen LogP contribution < -0.4 is 5.46 Å². The Morgan fingerprint density at radius 3 is 2.09 bits per heavy atom. The average molecular weight is 304 g/mol. The van der Waals surface area contributed by atoms with Crippen LogP contribution in [0.4, 0.5) is 0 Å². The highest BCUT2D eigenvalue weighted by molar-refractivity contribution is 6.62.